The molecule has 3 unspecified atom stereocenters. The second kappa shape index (κ2) is 8.74. The van der Waals surface area contributed by atoms with Crippen LogP contribution >= 0.6 is 0 Å². The van der Waals surface area contributed by atoms with Gasteiger partial charge >= 0.3 is 0 Å². The maximum atomic E-state index is 13.8. The molecule has 4 saturated carbocycles. The SMILES string of the molecule is CC(=O)C(=O)C(CC1CC1)NC(=O)[C@@H]1[C@@H]2[C@H](CN1C(=O)[C@@H](C)C1CC3CCCCC3C1)C2(C)C. The van der Waals surface area contributed by atoms with Gasteiger partial charge in [-0.2, -0.15) is 0 Å². The number of nitrogens with zero attached hydrogens (tertiary/aromatic N) is 1. The van der Waals surface area contributed by atoms with Gasteiger partial charge in [-0.25, -0.2) is 0 Å². The predicted molar refractivity (Wildman–Crippen MR) is 129 cm³/mol. The van der Waals surface area contributed by atoms with Crippen LogP contribution in [-0.4, -0.2) is 46.9 Å². The maximum Gasteiger partial charge on any atom is 0.243 e. The van der Waals surface area contributed by atoms with Crippen LogP contribution in [0.15, 0.2) is 0 Å². The first-order valence-electron chi connectivity index (χ1n) is 13.7. The van der Waals surface area contributed by atoms with Gasteiger partial charge in [0.2, 0.25) is 17.6 Å². The van der Waals surface area contributed by atoms with E-state index in [1.807, 2.05) is 4.90 Å². The summed E-state index contributed by atoms with van der Waals surface area (Å²) >= 11 is 0. The third kappa shape index (κ3) is 4.24. The highest BCUT2D eigenvalue weighted by atomic mass is 16.2. The molecule has 1 heterocycles. The van der Waals surface area contributed by atoms with Crippen LogP contribution < -0.4 is 5.32 Å². The minimum Gasteiger partial charge on any atom is -0.344 e. The van der Waals surface area contributed by atoms with Crippen molar-refractivity contribution in [3.05, 3.63) is 0 Å². The smallest absolute Gasteiger partial charge is 0.243 e. The molecule has 7 atom stereocenters. The van der Waals surface area contributed by atoms with Crippen LogP contribution in [0.2, 0.25) is 0 Å². The molecule has 6 nitrogen and oxygen atoms in total. The molecule has 0 aromatic carbocycles. The van der Waals surface area contributed by atoms with Crippen LogP contribution in [0.3, 0.4) is 0 Å². The number of hydrogen-bond donors (Lipinski definition) is 1. The van der Waals surface area contributed by atoms with Crippen LogP contribution in [0, 0.1) is 46.8 Å². The summed E-state index contributed by atoms with van der Waals surface area (Å²) in [6, 6.07) is -1.29. The summed E-state index contributed by atoms with van der Waals surface area (Å²) in [5.74, 6) is 1.63. The number of carbonyl (C=O) groups excluding carboxylic acids is 4. The van der Waals surface area contributed by atoms with Crippen molar-refractivity contribution in [1.82, 2.24) is 10.2 Å². The second-order valence-corrected chi connectivity index (χ2v) is 12.9. The van der Waals surface area contributed by atoms with Crippen molar-refractivity contribution in [2.24, 2.45) is 46.8 Å². The van der Waals surface area contributed by atoms with Crippen LogP contribution in [0.4, 0.5) is 0 Å². The van der Waals surface area contributed by atoms with Crippen molar-refractivity contribution in [2.75, 3.05) is 6.54 Å². The van der Waals surface area contributed by atoms with E-state index in [9.17, 15) is 19.2 Å². The zero-order chi connectivity index (χ0) is 24.4. The van der Waals surface area contributed by atoms with Gasteiger partial charge in [0.25, 0.3) is 0 Å². The number of ketones is 2. The van der Waals surface area contributed by atoms with Crippen molar-refractivity contribution < 1.29 is 19.2 Å². The fourth-order valence-electron chi connectivity index (χ4n) is 7.88. The van der Waals surface area contributed by atoms with E-state index >= 15 is 0 Å². The van der Waals surface area contributed by atoms with Gasteiger partial charge in [0.1, 0.15) is 6.04 Å². The van der Waals surface area contributed by atoms with Gasteiger partial charge < -0.3 is 10.2 Å². The van der Waals surface area contributed by atoms with Crippen LogP contribution in [-0.2, 0) is 19.2 Å². The summed E-state index contributed by atoms with van der Waals surface area (Å²) in [6.45, 7) is 8.34. The van der Waals surface area contributed by atoms with Crippen molar-refractivity contribution in [1.29, 1.82) is 0 Å². The predicted octanol–water partition coefficient (Wildman–Crippen LogP) is 3.76. The van der Waals surface area contributed by atoms with E-state index in [0.717, 1.165) is 37.5 Å². The maximum absolute atomic E-state index is 13.8. The Kier molecular flexibility index (Phi) is 6.17. The molecule has 0 aromatic heterocycles. The fourth-order valence-corrected chi connectivity index (χ4v) is 7.88. The average Bonchev–Trinajstić information content (AvgIpc) is 3.55. The molecule has 5 fully saturated rings. The van der Waals surface area contributed by atoms with Gasteiger partial charge in [-0.15, -0.1) is 0 Å². The largest absolute Gasteiger partial charge is 0.344 e. The van der Waals surface area contributed by atoms with Crippen molar-refractivity contribution >= 4 is 23.4 Å². The van der Waals surface area contributed by atoms with Gasteiger partial charge in [-0.1, -0.05) is 59.3 Å². The Hall–Kier alpha value is -1.72. The molecule has 5 rings (SSSR count). The van der Waals surface area contributed by atoms with Gasteiger partial charge in [-0.05, 0) is 60.2 Å². The molecule has 0 bridgehead atoms. The monoisotopic (exact) mass is 470 g/mol. The highest BCUT2D eigenvalue weighted by Gasteiger charge is 2.69. The quantitative estimate of drug-likeness (QED) is 0.548. The number of carbonyl (C=O) groups is 4. The number of Topliss-reactive ketones (excluding diaryl/α,β-unsaturated/α-hetero) is 2. The summed E-state index contributed by atoms with van der Waals surface area (Å²) in [6.07, 6.45) is 10.2. The summed E-state index contributed by atoms with van der Waals surface area (Å²) in [4.78, 5) is 53.6. The molecule has 1 aliphatic heterocycles. The Morgan fingerprint density at radius 3 is 2.18 bits per heavy atom. The first-order valence-corrected chi connectivity index (χ1v) is 13.7. The molecule has 4 aliphatic carbocycles. The third-order valence-electron chi connectivity index (χ3n) is 10.4. The van der Waals surface area contributed by atoms with E-state index < -0.39 is 23.7 Å². The lowest BCUT2D eigenvalue weighted by molar-refractivity contribution is -0.145. The Morgan fingerprint density at radius 1 is 1.00 bits per heavy atom. The zero-order valence-corrected chi connectivity index (χ0v) is 21.3. The average molecular weight is 471 g/mol. The van der Waals surface area contributed by atoms with E-state index in [1.165, 1.54) is 32.6 Å². The molecule has 0 spiro atoms. The van der Waals surface area contributed by atoms with Gasteiger partial charge in [0.05, 0.1) is 6.04 Å². The molecule has 5 aliphatic rings. The van der Waals surface area contributed by atoms with Gasteiger partial charge in [0, 0.05) is 19.4 Å². The van der Waals surface area contributed by atoms with Crippen LogP contribution in [0.5, 0.6) is 0 Å². The van der Waals surface area contributed by atoms with Gasteiger partial charge in [0.15, 0.2) is 5.78 Å². The summed E-state index contributed by atoms with van der Waals surface area (Å²) in [5.41, 5.74) is 0.0287. The molecule has 188 valence electrons. The Labute approximate surface area is 204 Å². The Balaban J connectivity index is 1.30. The number of amides is 2. The lowest BCUT2D eigenvalue weighted by Gasteiger charge is -2.34. The molecule has 0 radical (unpaired) electrons. The van der Waals surface area contributed by atoms with E-state index in [2.05, 4.69) is 26.1 Å². The lowest BCUT2D eigenvalue weighted by Crippen LogP contribution is -2.55. The van der Waals surface area contributed by atoms with Crippen molar-refractivity contribution in [2.45, 2.75) is 97.6 Å². The van der Waals surface area contributed by atoms with Gasteiger partial charge in [-0.3, -0.25) is 19.2 Å². The molecular formula is C28H42N2O4. The fraction of sp³-hybridized carbons (Fsp3) is 0.857. The number of piperidine rings is 1. The number of fused-ring (bicyclic) bond motifs is 2. The second-order valence-electron chi connectivity index (χ2n) is 12.9. The molecule has 1 saturated heterocycles. The molecule has 6 heteroatoms. The third-order valence-corrected chi connectivity index (χ3v) is 10.4. The summed E-state index contributed by atoms with van der Waals surface area (Å²) < 4.78 is 0. The zero-order valence-electron chi connectivity index (χ0n) is 21.3. The normalized spacial score (nSPS) is 37.4. The van der Waals surface area contributed by atoms with Crippen LogP contribution in [0.25, 0.3) is 0 Å². The summed E-state index contributed by atoms with van der Waals surface area (Å²) in [5, 5.41) is 2.94. The highest BCUT2D eigenvalue weighted by Crippen LogP contribution is 2.65. The topological polar surface area (TPSA) is 83.6 Å². The summed E-state index contributed by atoms with van der Waals surface area (Å²) in [7, 11) is 0. The number of nitrogens with one attached hydrogen (secondary N) is 1. The molecule has 2 amide bonds. The number of likely N-dealkylation sites (tertiary alicyclic amines) is 1. The Morgan fingerprint density at radius 2 is 1.62 bits per heavy atom. The van der Waals surface area contributed by atoms with E-state index in [0.29, 0.717) is 30.7 Å². The van der Waals surface area contributed by atoms with Crippen LogP contribution in [0.1, 0.15) is 85.5 Å². The minimum absolute atomic E-state index is 0.0287. The van der Waals surface area contributed by atoms with Crippen molar-refractivity contribution in [3.63, 3.8) is 0 Å². The Bertz CT molecular complexity index is 864. The molecule has 34 heavy (non-hydrogen) atoms. The number of hydrogen-bond acceptors (Lipinski definition) is 4. The first kappa shape index (κ1) is 24.0. The molecule has 0 aromatic rings. The first-order chi connectivity index (χ1) is 16.1. The number of rotatable bonds is 8. The lowest BCUT2D eigenvalue weighted by atomic mass is 9.82. The van der Waals surface area contributed by atoms with E-state index in [4.69, 9.17) is 0 Å². The molecular weight excluding hydrogens is 428 g/mol. The van der Waals surface area contributed by atoms with E-state index in [-0.39, 0.29) is 29.1 Å². The standard InChI is InChI=1S/C28H42N2O4/c1-15(20-12-18-7-5-6-8-19(18)13-20)27(34)30-14-21-23(28(21,3)4)24(30)26(33)29-22(11-17-9-10-17)25(32)16(2)31/h15,17-24H,5-14H2,1-4H3,(H,29,33)/t15-,18?,19?,20?,21-,22?,23-,24-/m0/s1. The minimum atomic E-state index is -0.759. The molecule has 1 N–H and O–H groups in total. The highest BCUT2D eigenvalue weighted by molar-refractivity contribution is 6.38. The van der Waals surface area contributed by atoms with Crippen molar-refractivity contribution in [3.8, 4) is 0 Å². The van der Waals surface area contributed by atoms with E-state index in [1.54, 1.807) is 0 Å².